The van der Waals surface area contributed by atoms with E-state index in [2.05, 4.69) is 40.0 Å². The number of aromatic nitrogens is 3. The summed E-state index contributed by atoms with van der Waals surface area (Å²) in [6.45, 7) is 18.8. The molecule has 0 saturated carbocycles. The fourth-order valence-corrected chi connectivity index (χ4v) is 8.53. The molecule has 3 N–H and O–H groups in total. The van der Waals surface area contributed by atoms with Gasteiger partial charge in [0.2, 0.25) is 5.91 Å². The lowest BCUT2D eigenvalue weighted by atomic mass is 9.79. The number of halogens is 1. The Bertz CT molecular complexity index is 2180. The Morgan fingerprint density at radius 1 is 1.00 bits per heavy atom. The number of carbonyl (C=O) groups is 4. The SMILES string of the molecule is COC(=O)C1=C[C@](CC(C)NC(=O)OC(C)(C)C)(NC(=O)CC2N=C(c3ccc(Cl)cc3)c3c(sc(C)c3C)-n3c(C)nnc32)CC=C1CCCNC(=O)OC(C)(C)C. The predicted octanol–water partition coefficient (Wildman–Crippen LogP) is 8.08. The molecule has 5 rings (SSSR count). The van der Waals surface area contributed by atoms with Crippen molar-refractivity contribution in [2.45, 2.75) is 130 Å². The number of esters is 1. The molecule has 318 valence electrons. The predicted molar refractivity (Wildman–Crippen MR) is 228 cm³/mol. The zero-order valence-electron chi connectivity index (χ0n) is 35.8. The molecular weight excluding hydrogens is 794 g/mol. The molecule has 0 fully saturated rings. The van der Waals surface area contributed by atoms with Gasteiger partial charge in [0.25, 0.3) is 0 Å². The number of nitrogens with one attached hydrogen (secondary N) is 3. The summed E-state index contributed by atoms with van der Waals surface area (Å²) in [7, 11) is 1.30. The number of hydrogen-bond donors (Lipinski definition) is 3. The zero-order chi connectivity index (χ0) is 43.4. The lowest BCUT2D eigenvalue weighted by molar-refractivity contribution is -0.136. The molecule has 3 heterocycles. The van der Waals surface area contributed by atoms with Crippen LogP contribution in [0.2, 0.25) is 5.02 Å². The molecule has 3 aromatic rings. The van der Waals surface area contributed by atoms with Crippen molar-refractivity contribution in [3.63, 3.8) is 0 Å². The number of fused-ring (bicyclic) bond motifs is 3. The Hall–Kier alpha value is -5.02. The average Bonchev–Trinajstić information content (AvgIpc) is 3.60. The van der Waals surface area contributed by atoms with Gasteiger partial charge in [-0.25, -0.2) is 14.4 Å². The first-order valence-corrected chi connectivity index (χ1v) is 20.9. The van der Waals surface area contributed by atoms with E-state index in [0.29, 0.717) is 53.8 Å². The quantitative estimate of drug-likeness (QED) is 0.0925. The molecule has 0 saturated heterocycles. The lowest BCUT2D eigenvalue weighted by Gasteiger charge is -2.37. The van der Waals surface area contributed by atoms with Gasteiger partial charge in [-0.05, 0) is 124 Å². The number of benzene rings is 1. The van der Waals surface area contributed by atoms with Crippen LogP contribution in [0.15, 0.2) is 52.6 Å². The molecule has 1 aliphatic heterocycles. The number of aliphatic imine (C=N–C) groups is 1. The van der Waals surface area contributed by atoms with Crippen LogP contribution in [0, 0.1) is 20.8 Å². The van der Waals surface area contributed by atoms with Gasteiger partial charge in [0.15, 0.2) is 5.82 Å². The summed E-state index contributed by atoms with van der Waals surface area (Å²) in [6.07, 6.45) is 3.85. The third kappa shape index (κ3) is 11.4. The summed E-state index contributed by atoms with van der Waals surface area (Å²) in [5, 5.41) is 19.4. The number of methoxy groups -OCH3 is 1. The van der Waals surface area contributed by atoms with Crippen LogP contribution in [-0.2, 0) is 23.8 Å². The van der Waals surface area contributed by atoms with Crippen LogP contribution in [0.1, 0.15) is 120 Å². The number of carbonyl (C=O) groups excluding carboxylic acids is 4. The molecule has 16 heteroatoms. The molecule has 3 atom stereocenters. The smallest absolute Gasteiger partial charge is 0.407 e. The molecule has 2 aromatic heterocycles. The van der Waals surface area contributed by atoms with Crippen LogP contribution in [0.25, 0.3) is 5.00 Å². The van der Waals surface area contributed by atoms with E-state index in [0.717, 1.165) is 26.6 Å². The van der Waals surface area contributed by atoms with Crippen molar-refractivity contribution in [1.82, 2.24) is 30.7 Å². The largest absolute Gasteiger partial charge is 0.465 e. The summed E-state index contributed by atoms with van der Waals surface area (Å²) < 4.78 is 18.1. The van der Waals surface area contributed by atoms with Gasteiger partial charge in [-0.2, -0.15) is 0 Å². The second kappa shape index (κ2) is 18.1. The van der Waals surface area contributed by atoms with Crippen LogP contribution < -0.4 is 16.0 Å². The van der Waals surface area contributed by atoms with E-state index in [9.17, 15) is 19.2 Å². The van der Waals surface area contributed by atoms with Crippen LogP contribution in [0.4, 0.5) is 9.59 Å². The molecule has 59 heavy (non-hydrogen) atoms. The number of alkyl carbamates (subject to hydrolysis) is 2. The van der Waals surface area contributed by atoms with Gasteiger partial charge in [0, 0.05) is 33.6 Å². The highest BCUT2D eigenvalue weighted by molar-refractivity contribution is 7.15. The fourth-order valence-electron chi connectivity index (χ4n) is 7.19. The number of nitrogens with zero attached hydrogens (tertiary/aromatic N) is 4. The van der Waals surface area contributed by atoms with Gasteiger partial charge in [-0.3, -0.25) is 14.4 Å². The first kappa shape index (κ1) is 45.1. The Balaban J connectivity index is 1.48. The maximum absolute atomic E-state index is 14.5. The number of ether oxygens (including phenoxy) is 3. The number of thiophene rings is 1. The van der Waals surface area contributed by atoms with Gasteiger partial charge >= 0.3 is 18.2 Å². The van der Waals surface area contributed by atoms with Crippen molar-refractivity contribution in [3.05, 3.63) is 85.8 Å². The van der Waals surface area contributed by atoms with Gasteiger partial charge < -0.3 is 30.2 Å². The van der Waals surface area contributed by atoms with Crippen molar-refractivity contribution in [1.29, 1.82) is 0 Å². The Labute approximate surface area is 355 Å². The van der Waals surface area contributed by atoms with E-state index < -0.39 is 47.0 Å². The lowest BCUT2D eigenvalue weighted by Crippen LogP contribution is -2.52. The number of aryl methyl sites for hydroxylation is 2. The Kier molecular flexibility index (Phi) is 13.8. The van der Waals surface area contributed by atoms with Gasteiger partial charge in [-0.15, -0.1) is 21.5 Å². The minimum atomic E-state index is -1.14. The van der Waals surface area contributed by atoms with Crippen molar-refractivity contribution < 1.29 is 33.4 Å². The van der Waals surface area contributed by atoms with Gasteiger partial charge in [0.05, 0.1) is 30.4 Å². The van der Waals surface area contributed by atoms with E-state index in [1.54, 1.807) is 59.0 Å². The first-order valence-electron chi connectivity index (χ1n) is 19.7. The van der Waals surface area contributed by atoms with Crippen molar-refractivity contribution in [2.24, 2.45) is 4.99 Å². The molecule has 2 unspecified atom stereocenters. The summed E-state index contributed by atoms with van der Waals surface area (Å²) in [5.41, 5.74) is 2.06. The monoisotopic (exact) mass is 849 g/mol. The third-order valence-electron chi connectivity index (χ3n) is 9.73. The highest BCUT2D eigenvalue weighted by Gasteiger charge is 2.39. The Morgan fingerprint density at radius 2 is 1.66 bits per heavy atom. The first-order chi connectivity index (χ1) is 27.6. The fraction of sp³-hybridized carbons (Fsp3) is 0.512. The minimum Gasteiger partial charge on any atom is -0.465 e. The molecule has 0 bridgehead atoms. The maximum Gasteiger partial charge on any atom is 0.407 e. The summed E-state index contributed by atoms with van der Waals surface area (Å²) in [6, 6.07) is 6.21. The van der Waals surface area contributed by atoms with Gasteiger partial charge in [-0.1, -0.05) is 29.8 Å². The van der Waals surface area contributed by atoms with E-state index in [4.69, 9.17) is 30.8 Å². The number of hydrogen-bond acceptors (Lipinski definition) is 11. The summed E-state index contributed by atoms with van der Waals surface area (Å²) in [5.74, 6) is 0.248. The Morgan fingerprint density at radius 3 is 2.31 bits per heavy atom. The van der Waals surface area contributed by atoms with Crippen molar-refractivity contribution >= 4 is 52.7 Å². The van der Waals surface area contributed by atoms with Crippen LogP contribution in [0.3, 0.4) is 0 Å². The second-order valence-corrected chi connectivity index (χ2v) is 18.7. The average molecular weight is 850 g/mol. The molecule has 0 radical (unpaired) electrons. The molecule has 14 nitrogen and oxygen atoms in total. The molecular formula is C43H56ClN7O7S. The molecule has 1 aliphatic carbocycles. The zero-order valence-corrected chi connectivity index (χ0v) is 37.4. The van der Waals surface area contributed by atoms with Crippen LogP contribution in [-0.4, -0.2) is 81.0 Å². The highest BCUT2D eigenvalue weighted by Crippen LogP contribution is 2.40. The van der Waals surface area contributed by atoms with Crippen LogP contribution >= 0.6 is 22.9 Å². The third-order valence-corrected chi connectivity index (χ3v) is 11.2. The van der Waals surface area contributed by atoms with Crippen LogP contribution in [0.5, 0.6) is 0 Å². The van der Waals surface area contributed by atoms with E-state index in [1.807, 2.05) is 48.8 Å². The molecule has 0 spiro atoms. The van der Waals surface area contributed by atoms with E-state index in [1.165, 1.54) is 7.11 Å². The normalized spacial score (nSPS) is 18.2. The topological polar surface area (TPSA) is 175 Å². The standard InChI is InChI=1S/C43H56ClN7O7S/c1-24(46-40(55)58-42(8,9)10)22-43(19-18-28(31(23-43)38(53)56-11)13-12-20-45-39(54)57-41(5,6)7)48-33(52)21-32-36-50-49-27(4)51(36)37-34(25(2)26(3)59-37)35(47-32)29-14-16-30(44)17-15-29/h14-18,23-24,32H,12-13,19-22H2,1-11H3,(H,45,54)(H,46,55)(H,48,52)/t24?,32?,43-/m0/s1. The van der Waals surface area contributed by atoms with E-state index in [-0.39, 0.29) is 24.3 Å². The van der Waals surface area contributed by atoms with Crippen molar-refractivity contribution in [2.75, 3.05) is 13.7 Å². The number of rotatable bonds is 12. The molecule has 2 aliphatic rings. The maximum atomic E-state index is 14.5. The minimum absolute atomic E-state index is 0.105. The summed E-state index contributed by atoms with van der Waals surface area (Å²) in [4.78, 5) is 59.5. The van der Waals surface area contributed by atoms with Gasteiger partial charge in [0.1, 0.15) is 28.1 Å². The second-order valence-electron chi connectivity index (χ2n) is 17.1. The summed E-state index contributed by atoms with van der Waals surface area (Å²) >= 11 is 7.92. The highest BCUT2D eigenvalue weighted by atomic mass is 35.5. The number of amides is 3. The van der Waals surface area contributed by atoms with E-state index >= 15 is 0 Å². The molecule has 3 amide bonds. The van der Waals surface area contributed by atoms with Crippen molar-refractivity contribution in [3.8, 4) is 5.00 Å². The molecule has 1 aromatic carbocycles.